The molecule has 2 aromatic carbocycles. The number of imide groups is 1. The number of hydrogen-bond donors (Lipinski definition) is 1. The highest BCUT2D eigenvalue weighted by Gasteiger charge is 2.51. The molecule has 0 atom stereocenters. The molecule has 5 nitrogen and oxygen atoms in total. The summed E-state index contributed by atoms with van der Waals surface area (Å²) in [5.41, 5.74) is 3.97. The highest BCUT2D eigenvalue weighted by Crippen LogP contribution is 2.49. The van der Waals surface area contributed by atoms with Crippen molar-refractivity contribution in [1.82, 2.24) is 0 Å². The average molecular weight is 405 g/mol. The van der Waals surface area contributed by atoms with Gasteiger partial charge in [-0.1, -0.05) is 45.0 Å². The Balaban J connectivity index is 1.52. The molecule has 0 aromatic heterocycles. The lowest BCUT2D eigenvalue weighted by Crippen LogP contribution is -2.30. The first-order chi connectivity index (χ1) is 14.1. The van der Waals surface area contributed by atoms with Gasteiger partial charge in [0.2, 0.25) is 17.7 Å². The van der Waals surface area contributed by atoms with Gasteiger partial charge in [0.15, 0.2) is 0 Å². The highest BCUT2D eigenvalue weighted by molar-refractivity contribution is 6.20. The summed E-state index contributed by atoms with van der Waals surface area (Å²) in [7, 11) is 0. The Morgan fingerprint density at radius 2 is 1.57 bits per heavy atom. The van der Waals surface area contributed by atoms with E-state index in [-0.39, 0.29) is 36.0 Å². The molecule has 1 aliphatic heterocycles. The predicted molar refractivity (Wildman–Crippen MR) is 118 cm³/mol. The zero-order chi connectivity index (χ0) is 21.7. The zero-order valence-corrected chi connectivity index (χ0v) is 18.0. The molecule has 0 radical (unpaired) electrons. The molecule has 1 aliphatic carbocycles. The Morgan fingerprint density at radius 1 is 0.967 bits per heavy atom. The largest absolute Gasteiger partial charge is 0.325 e. The van der Waals surface area contributed by atoms with Crippen LogP contribution in [0.5, 0.6) is 0 Å². The van der Waals surface area contributed by atoms with Gasteiger partial charge < -0.3 is 5.32 Å². The van der Waals surface area contributed by atoms with E-state index < -0.39 is 5.41 Å². The molecule has 0 unspecified atom stereocenters. The lowest BCUT2D eigenvalue weighted by Gasteiger charge is -2.22. The maximum atomic E-state index is 13.1. The van der Waals surface area contributed by atoms with Crippen LogP contribution in [0.1, 0.15) is 63.1 Å². The highest BCUT2D eigenvalue weighted by atomic mass is 16.2. The van der Waals surface area contributed by atoms with Gasteiger partial charge in [-0.25, -0.2) is 0 Å². The fourth-order valence-corrected chi connectivity index (χ4v) is 4.14. The van der Waals surface area contributed by atoms with Gasteiger partial charge >= 0.3 is 0 Å². The standard InChI is InChI=1S/C25H28N2O3/c1-16-15-19(9-10-20(16)27-21(28)11-12-22(27)29)26-23(30)25(13-14-25)18-7-5-17(6-8-18)24(2,3)4/h5-10,15H,11-14H2,1-4H3,(H,26,30). The molecule has 2 aromatic rings. The second-order valence-electron chi connectivity index (χ2n) is 9.49. The molecule has 0 spiro atoms. The number of nitrogens with zero attached hydrogens (tertiary/aromatic N) is 1. The third kappa shape index (κ3) is 3.53. The molecule has 5 heteroatoms. The number of benzene rings is 2. The smallest absolute Gasteiger partial charge is 0.235 e. The second kappa shape index (κ2) is 7.08. The Morgan fingerprint density at radius 3 is 2.07 bits per heavy atom. The molecule has 1 saturated heterocycles. The minimum Gasteiger partial charge on any atom is -0.325 e. The summed E-state index contributed by atoms with van der Waals surface area (Å²) in [4.78, 5) is 38.4. The summed E-state index contributed by atoms with van der Waals surface area (Å²) in [5.74, 6) is -0.350. The van der Waals surface area contributed by atoms with Crippen LogP contribution in [-0.2, 0) is 25.2 Å². The number of nitrogens with one attached hydrogen (secondary N) is 1. The molecule has 1 heterocycles. The second-order valence-corrected chi connectivity index (χ2v) is 9.49. The van der Waals surface area contributed by atoms with Crippen LogP contribution < -0.4 is 10.2 Å². The van der Waals surface area contributed by atoms with Crippen molar-refractivity contribution in [1.29, 1.82) is 0 Å². The maximum Gasteiger partial charge on any atom is 0.235 e. The molecule has 30 heavy (non-hydrogen) atoms. The summed E-state index contributed by atoms with van der Waals surface area (Å²) >= 11 is 0. The number of carbonyl (C=O) groups is 3. The minimum atomic E-state index is -0.468. The molecule has 0 bridgehead atoms. The van der Waals surface area contributed by atoms with Gasteiger partial charge in [0, 0.05) is 18.5 Å². The molecular formula is C25H28N2O3. The Hall–Kier alpha value is -2.95. The number of aryl methyl sites for hydroxylation is 1. The van der Waals surface area contributed by atoms with E-state index >= 15 is 0 Å². The third-order valence-electron chi connectivity index (χ3n) is 6.24. The lowest BCUT2D eigenvalue weighted by atomic mass is 9.85. The third-order valence-corrected chi connectivity index (χ3v) is 6.24. The Kier molecular flexibility index (Phi) is 4.80. The predicted octanol–water partition coefficient (Wildman–Crippen LogP) is 4.62. The Bertz CT molecular complexity index is 1010. The zero-order valence-electron chi connectivity index (χ0n) is 18.0. The van der Waals surface area contributed by atoms with Crippen LogP contribution in [0.4, 0.5) is 11.4 Å². The number of hydrogen-bond acceptors (Lipinski definition) is 3. The van der Waals surface area contributed by atoms with Crippen LogP contribution in [0.15, 0.2) is 42.5 Å². The first-order valence-electron chi connectivity index (χ1n) is 10.5. The van der Waals surface area contributed by atoms with Gasteiger partial charge in [0.1, 0.15) is 0 Å². The van der Waals surface area contributed by atoms with Crippen LogP contribution in [0.25, 0.3) is 0 Å². The van der Waals surface area contributed by atoms with E-state index in [0.717, 1.165) is 24.0 Å². The molecule has 1 saturated carbocycles. The monoisotopic (exact) mass is 404 g/mol. The number of carbonyl (C=O) groups excluding carboxylic acids is 3. The van der Waals surface area contributed by atoms with Gasteiger partial charge in [-0.05, 0) is 60.1 Å². The Labute approximate surface area is 177 Å². The van der Waals surface area contributed by atoms with E-state index in [0.29, 0.717) is 11.4 Å². The fourth-order valence-electron chi connectivity index (χ4n) is 4.14. The van der Waals surface area contributed by atoms with E-state index in [2.05, 4.69) is 50.4 Å². The summed E-state index contributed by atoms with van der Waals surface area (Å²) in [5, 5.41) is 3.04. The maximum absolute atomic E-state index is 13.1. The number of rotatable bonds is 4. The van der Waals surface area contributed by atoms with Crippen LogP contribution in [0.2, 0.25) is 0 Å². The van der Waals surface area contributed by atoms with Crippen LogP contribution >= 0.6 is 0 Å². The van der Waals surface area contributed by atoms with Gasteiger partial charge in [-0.3, -0.25) is 19.3 Å². The summed E-state index contributed by atoms with van der Waals surface area (Å²) < 4.78 is 0. The summed E-state index contributed by atoms with van der Waals surface area (Å²) in [6, 6.07) is 13.7. The molecule has 1 N–H and O–H groups in total. The topological polar surface area (TPSA) is 66.5 Å². The van der Waals surface area contributed by atoms with Gasteiger partial charge in [0.05, 0.1) is 11.1 Å². The van der Waals surface area contributed by atoms with Crippen molar-refractivity contribution < 1.29 is 14.4 Å². The first kappa shape index (κ1) is 20.3. The van der Waals surface area contributed by atoms with Crippen molar-refractivity contribution in [2.45, 2.75) is 64.2 Å². The molecule has 3 amide bonds. The van der Waals surface area contributed by atoms with Crippen LogP contribution in [-0.4, -0.2) is 17.7 Å². The van der Waals surface area contributed by atoms with Gasteiger partial charge in [0.25, 0.3) is 0 Å². The van der Waals surface area contributed by atoms with E-state index in [4.69, 9.17) is 0 Å². The van der Waals surface area contributed by atoms with Crippen molar-refractivity contribution >= 4 is 29.1 Å². The van der Waals surface area contributed by atoms with Gasteiger partial charge in [-0.15, -0.1) is 0 Å². The summed E-state index contributed by atoms with van der Waals surface area (Å²) in [6.45, 7) is 8.38. The molecule has 4 rings (SSSR count). The summed E-state index contributed by atoms with van der Waals surface area (Å²) in [6.07, 6.45) is 2.18. The SMILES string of the molecule is Cc1cc(NC(=O)C2(c3ccc(C(C)(C)C)cc3)CC2)ccc1N1C(=O)CCC1=O. The van der Waals surface area contributed by atoms with Gasteiger partial charge in [-0.2, -0.15) is 0 Å². The number of anilines is 2. The van der Waals surface area contributed by atoms with Crippen molar-refractivity contribution in [3.05, 3.63) is 59.2 Å². The van der Waals surface area contributed by atoms with E-state index in [1.54, 1.807) is 12.1 Å². The van der Waals surface area contributed by atoms with Crippen LogP contribution in [0.3, 0.4) is 0 Å². The van der Waals surface area contributed by atoms with Crippen LogP contribution in [0, 0.1) is 6.92 Å². The minimum absolute atomic E-state index is 0.00789. The van der Waals surface area contributed by atoms with E-state index in [1.807, 2.05) is 13.0 Å². The van der Waals surface area contributed by atoms with E-state index in [9.17, 15) is 14.4 Å². The van der Waals surface area contributed by atoms with Crippen molar-refractivity contribution in [3.63, 3.8) is 0 Å². The van der Waals surface area contributed by atoms with Crippen molar-refractivity contribution in [2.75, 3.05) is 10.2 Å². The number of amides is 3. The molecule has 2 fully saturated rings. The molecular weight excluding hydrogens is 376 g/mol. The van der Waals surface area contributed by atoms with Crippen molar-refractivity contribution in [2.24, 2.45) is 0 Å². The quantitative estimate of drug-likeness (QED) is 0.757. The first-order valence-corrected chi connectivity index (χ1v) is 10.5. The molecule has 2 aliphatic rings. The van der Waals surface area contributed by atoms with E-state index in [1.165, 1.54) is 10.5 Å². The average Bonchev–Trinajstić information content (AvgIpc) is 3.43. The fraction of sp³-hybridized carbons (Fsp3) is 0.400. The normalized spacial score (nSPS) is 17.9. The lowest BCUT2D eigenvalue weighted by molar-refractivity contribution is -0.121. The molecule has 156 valence electrons. The van der Waals surface area contributed by atoms with Crippen molar-refractivity contribution in [3.8, 4) is 0 Å².